The molecule has 0 bridgehead atoms. The number of ether oxygens (including phenoxy) is 3. The fourth-order valence-electron chi connectivity index (χ4n) is 2.52. The molecule has 2 aromatic rings. The van der Waals surface area contributed by atoms with Crippen molar-refractivity contribution in [3.8, 4) is 17.2 Å². The van der Waals surface area contributed by atoms with Crippen LogP contribution in [0.15, 0.2) is 54.6 Å². The highest BCUT2D eigenvalue weighted by Crippen LogP contribution is 2.25. The molecule has 1 aliphatic rings. The molecule has 1 heterocycles. The zero-order chi connectivity index (χ0) is 16.1. The third-order valence-electron chi connectivity index (χ3n) is 3.68. The number of carbonyl (C=O) groups is 1. The summed E-state index contributed by atoms with van der Waals surface area (Å²) in [6.07, 6.45) is 0.564. The van der Waals surface area contributed by atoms with E-state index in [2.05, 4.69) is 5.32 Å². The molecular weight excluding hydrogens is 294 g/mol. The average molecular weight is 313 g/mol. The van der Waals surface area contributed by atoms with Gasteiger partial charge in [-0.3, -0.25) is 4.79 Å². The molecule has 1 fully saturated rings. The first-order chi connectivity index (χ1) is 11.2. The van der Waals surface area contributed by atoms with Crippen LogP contribution in [0.5, 0.6) is 17.2 Å². The second-order valence-corrected chi connectivity index (χ2v) is 5.35. The lowest BCUT2D eigenvalue weighted by atomic mass is 10.2. The molecule has 120 valence electrons. The maximum atomic E-state index is 11.5. The topological polar surface area (TPSA) is 56.8 Å². The Morgan fingerprint density at radius 1 is 1.00 bits per heavy atom. The van der Waals surface area contributed by atoms with Gasteiger partial charge >= 0.3 is 5.97 Å². The Labute approximate surface area is 135 Å². The molecule has 1 N–H and O–H groups in total. The molecule has 5 heteroatoms. The molecule has 3 rings (SSSR count). The van der Waals surface area contributed by atoms with E-state index in [4.69, 9.17) is 14.2 Å². The van der Waals surface area contributed by atoms with Crippen LogP contribution in [0.25, 0.3) is 0 Å². The Balaban J connectivity index is 1.55. The molecule has 0 amide bonds. The molecule has 2 atom stereocenters. The summed E-state index contributed by atoms with van der Waals surface area (Å²) >= 11 is 0. The number of hydrogen-bond donors (Lipinski definition) is 1. The van der Waals surface area contributed by atoms with Gasteiger partial charge in [0.1, 0.15) is 29.4 Å². The van der Waals surface area contributed by atoms with Crippen LogP contribution in [-0.4, -0.2) is 31.8 Å². The van der Waals surface area contributed by atoms with Crippen molar-refractivity contribution in [1.82, 2.24) is 5.32 Å². The van der Waals surface area contributed by atoms with E-state index in [0.717, 1.165) is 17.2 Å². The summed E-state index contributed by atoms with van der Waals surface area (Å²) in [5, 5.41) is 3.10. The van der Waals surface area contributed by atoms with E-state index in [0.29, 0.717) is 13.0 Å². The van der Waals surface area contributed by atoms with Crippen LogP contribution in [0.4, 0.5) is 0 Å². The van der Waals surface area contributed by atoms with E-state index in [1.807, 2.05) is 54.6 Å². The number of nitrogens with one attached hydrogen (secondary N) is 1. The maximum absolute atomic E-state index is 11.5. The van der Waals surface area contributed by atoms with E-state index in [1.54, 1.807) is 0 Å². The van der Waals surface area contributed by atoms with Crippen LogP contribution in [0, 0.1) is 0 Å². The van der Waals surface area contributed by atoms with Gasteiger partial charge < -0.3 is 19.5 Å². The second-order valence-electron chi connectivity index (χ2n) is 5.35. The van der Waals surface area contributed by atoms with Gasteiger partial charge in [-0.2, -0.15) is 0 Å². The molecule has 0 aliphatic carbocycles. The van der Waals surface area contributed by atoms with Crippen LogP contribution < -0.4 is 14.8 Å². The highest BCUT2D eigenvalue weighted by Gasteiger charge is 2.31. The zero-order valence-electron chi connectivity index (χ0n) is 12.9. The predicted molar refractivity (Wildman–Crippen MR) is 85.8 cm³/mol. The van der Waals surface area contributed by atoms with Crippen LogP contribution in [0.2, 0.25) is 0 Å². The Hall–Kier alpha value is -2.53. The molecular formula is C18H19NO4. The van der Waals surface area contributed by atoms with Gasteiger partial charge in [-0.25, -0.2) is 0 Å². The molecule has 0 unspecified atom stereocenters. The number of carbonyl (C=O) groups excluding carboxylic acids is 1. The summed E-state index contributed by atoms with van der Waals surface area (Å²) in [7, 11) is 1.39. The monoisotopic (exact) mass is 313 g/mol. The van der Waals surface area contributed by atoms with E-state index < -0.39 is 0 Å². The minimum Gasteiger partial charge on any atom is -0.489 e. The van der Waals surface area contributed by atoms with Gasteiger partial charge in [0.2, 0.25) is 0 Å². The maximum Gasteiger partial charge on any atom is 0.323 e. The van der Waals surface area contributed by atoms with E-state index in [9.17, 15) is 4.79 Å². The van der Waals surface area contributed by atoms with E-state index in [-0.39, 0.29) is 18.1 Å². The van der Waals surface area contributed by atoms with Crippen LogP contribution >= 0.6 is 0 Å². The first kappa shape index (κ1) is 15.4. The summed E-state index contributed by atoms with van der Waals surface area (Å²) in [6, 6.07) is 16.8. The van der Waals surface area contributed by atoms with Gasteiger partial charge in [0.25, 0.3) is 0 Å². The summed E-state index contributed by atoms with van der Waals surface area (Å²) in [5.74, 6) is 2.05. The Bertz CT molecular complexity index is 642. The smallest absolute Gasteiger partial charge is 0.323 e. The zero-order valence-corrected chi connectivity index (χ0v) is 12.9. The minimum absolute atomic E-state index is 0.0417. The Morgan fingerprint density at radius 3 is 2.35 bits per heavy atom. The molecule has 1 saturated heterocycles. The van der Waals surface area contributed by atoms with Crippen LogP contribution in [-0.2, 0) is 9.53 Å². The fraction of sp³-hybridized carbons (Fsp3) is 0.278. The van der Waals surface area contributed by atoms with Crippen molar-refractivity contribution in [1.29, 1.82) is 0 Å². The summed E-state index contributed by atoms with van der Waals surface area (Å²) < 4.78 is 16.3. The summed E-state index contributed by atoms with van der Waals surface area (Å²) in [4.78, 5) is 11.5. The molecule has 0 aromatic heterocycles. The summed E-state index contributed by atoms with van der Waals surface area (Å²) in [5.41, 5.74) is 0. The lowest BCUT2D eigenvalue weighted by Crippen LogP contribution is -2.31. The highest BCUT2D eigenvalue weighted by atomic mass is 16.5. The normalized spacial score (nSPS) is 20.0. The number of para-hydroxylation sites is 1. The highest BCUT2D eigenvalue weighted by molar-refractivity contribution is 5.76. The van der Waals surface area contributed by atoms with Crippen molar-refractivity contribution in [2.45, 2.75) is 18.6 Å². The number of hydrogen-bond acceptors (Lipinski definition) is 5. The van der Waals surface area contributed by atoms with Crippen molar-refractivity contribution in [3.05, 3.63) is 54.6 Å². The lowest BCUT2D eigenvalue weighted by Gasteiger charge is -2.13. The Morgan fingerprint density at radius 2 is 1.65 bits per heavy atom. The van der Waals surface area contributed by atoms with Crippen molar-refractivity contribution in [3.63, 3.8) is 0 Å². The van der Waals surface area contributed by atoms with Gasteiger partial charge in [0, 0.05) is 13.0 Å². The molecule has 0 spiro atoms. The third-order valence-corrected chi connectivity index (χ3v) is 3.68. The minimum atomic E-state index is -0.286. The van der Waals surface area contributed by atoms with Crippen molar-refractivity contribution in [2.75, 3.05) is 13.7 Å². The first-order valence-corrected chi connectivity index (χ1v) is 7.55. The third kappa shape index (κ3) is 4.02. The van der Waals surface area contributed by atoms with Crippen LogP contribution in [0.1, 0.15) is 6.42 Å². The lowest BCUT2D eigenvalue weighted by molar-refractivity contribution is -0.142. The van der Waals surface area contributed by atoms with Crippen LogP contribution in [0.3, 0.4) is 0 Å². The quantitative estimate of drug-likeness (QED) is 0.860. The van der Waals surface area contributed by atoms with Crippen molar-refractivity contribution >= 4 is 5.97 Å². The summed E-state index contributed by atoms with van der Waals surface area (Å²) in [6.45, 7) is 0.627. The number of esters is 1. The molecule has 23 heavy (non-hydrogen) atoms. The van der Waals surface area contributed by atoms with Gasteiger partial charge in [-0.15, -0.1) is 0 Å². The van der Waals surface area contributed by atoms with Gasteiger partial charge in [-0.1, -0.05) is 18.2 Å². The number of benzene rings is 2. The van der Waals surface area contributed by atoms with Crippen molar-refractivity contribution in [2.24, 2.45) is 0 Å². The van der Waals surface area contributed by atoms with E-state index in [1.165, 1.54) is 7.11 Å². The largest absolute Gasteiger partial charge is 0.489 e. The standard InChI is InChI=1S/C18H19NO4/c1-21-18(20)17-11-16(12-19-17)23-15-9-7-14(8-10-15)22-13-5-3-2-4-6-13/h2-10,16-17,19H,11-12H2,1H3/t16-,17-/m0/s1. The molecule has 5 nitrogen and oxygen atoms in total. The Kier molecular flexibility index (Phi) is 4.78. The number of methoxy groups -OCH3 is 1. The van der Waals surface area contributed by atoms with Gasteiger partial charge in [-0.05, 0) is 36.4 Å². The van der Waals surface area contributed by atoms with Gasteiger partial charge in [0.05, 0.1) is 7.11 Å². The number of rotatable bonds is 5. The van der Waals surface area contributed by atoms with E-state index >= 15 is 0 Å². The SMILES string of the molecule is COC(=O)[C@@H]1C[C@H](Oc2ccc(Oc3ccccc3)cc2)CN1. The molecule has 0 saturated carbocycles. The van der Waals surface area contributed by atoms with Gasteiger partial charge in [0.15, 0.2) is 0 Å². The average Bonchev–Trinajstić information content (AvgIpc) is 3.05. The molecule has 0 radical (unpaired) electrons. The molecule has 2 aromatic carbocycles. The predicted octanol–water partition coefficient (Wildman–Crippen LogP) is 2.76. The van der Waals surface area contributed by atoms with Crippen molar-refractivity contribution < 1.29 is 19.0 Å². The fourth-order valence-corrected chi connectivity index (χ4v) is 2.52. The second kappa shape index (κ2) is 7.15. The molecule has 1 aliphatic heterocycles. The first-order valence-electron chi connectivity index (χ1n) is 7.55.